The lowest BCUT2D eigenvalue weighted by molar-refractivity contribution is -0.149. The number of benzene rings is 1. The summed E-state index contributed by atoms with van der Waals surface area (Å²) < 4.78 is 16.0. The van der Waals surface area contributed by atoms with Gasteiger partial charge in [0, 0.05) is 20.6 Å². The summed E-state index contributed by atoms with van der Waals surface area (Å²) in [6.07, 6.45) is -0.0754. The SMILES string of the molecule is COCc1cccc(OC2CC(O)C2OC)c1. The Morgan fingerprint density at radius 3 is 2.82 bits per heavy atom. The lowest BCUT2D eigenvalue weighted by Gasteiger charge is -2.40. The highest BCUT2D eigenvalue weighted by molar-refractivity contribution is 5.28. The molecule has 2 rings (SSSR count). The van der Waals surface area contributed by atoms with E-state index in [9.17, 15) is 5.11 Å². The molecule has 1 N–H and O–H groups in total. The molecule has 4 heteroatoms. The van der Waals surface area contributed by atoms with Crippen LogP contribution in [0.3, 0.4) is 0 Å². The van der Waals surface area contributed by atoms with Crippen LogP contribution in [0.1, 0.15) is 12.0 Å². The summed E-state index contributed by atoms with van der Waals surface area (Å²) in [4.78, 5) is 0. The maximum atomic E-state index is 9.47. The lowest BCUT2D eigenvalue weighted by atomic mass is 9.88. The number of rotatable bonds is 5. The molecular formula is C13H18O4. The largest absolute Gasteiger partial charge is 0.488 e. The van der Waals surface area contributed by atoms with Crippen molar-refractivity contribution in [3.63, 3.8) is 0 Å². The molecule has 1 aliphatic carbocycles. The van der Waals surface area contributed by atoms with Crippen LogP contribution in [0.15, 0.2) is 24.3 Å². The van der Waals surface area contributed by atoms with Gasteiger partial charge in [0.2, 0.25) is 0 Å². The first-order valence-electron chi connectivity index (χ1n) is 5.70. The molecule has 0 spiro atoms. The van der Waals surface area contributed by atoms with E-state index < -0.39 is 6.10 Å². The molecule has 1 aliphatic rings. The van der Waals surface area contributed by atoms with E-state index in [-0.39, 0.29) is 12.2 Å². The Kier molecular flexibility index (Phi) is 3.99. The maximum Gasteiger partial charge on any atom is 0.130 e. The van der Waals surface area contributed by atoms with Gasteiger partial charge in [-0.2, -0.15) is 0 Å². The normalized spacial score (nSPS) is 27.6. The Bertz CT molecular complexity index is 366. The minimum Gasteiger partial charge on any atom is -0.488 e. The van der Waals surface area contributed by atoms with E-state index in [0.717, 1.165) is 11.3 Å². The molecule has 1 saturated carbocycles. The first kappa shape index (κ1) is 12.4. The van der Waals surface area contributed by atoms with Crippen molar-refractivity contribution in [1.29, 1.82) is 0 Å². The summed E-state index contributed by atoms with van der Waals surface area (Å²) in [6, 6.07) is 7.76. The fourth-order valence-electron chi connectivity index (χ4n) is 2.03. The van der Waals surface area contributed by atoms with Gasteiger partial charge in [-0.15, -0.1) is 0 Å². The van der Waals surface area contributed by atoms with Crippen LogP contribution in [0, 0.1) is 0 Å². The smallest absolute Gasteiger partial charge is 0.130 e. The second-order valence-corrected chi connectivity index (χ2v) is 4.24. The van der Waals surface area contributed by atoms with Crippen molar-refractivity contribution in [2.45, 2.75) is 31.3 Å². The lowest BCUT2D eigenvalue weighted by Crippen LogP contribution is -2.54. The van der Waals surface area contributed by atoms with Crippen molar-refractivity contribution in [1.82, 2.24) is 0 Å². The summed E-state index contributed by atoms with van der Waals surface area (Å²) in [5, 5.41) is 9.47. The highest BCUT2D eigenvalue weighted by Crippen LogP contribution is 2.28. The van der Waals surface area contributed by atoms with Gasteiger partial charge < -0.3 is 19.3 Å². The van der Waals surface area contributed by atoms with Crippen LogP contribution in [0.25, 0.3) is 0 Å². The van der Waals surface area contributed by atoms with Crippen LogP contribution in [0.4, 0.5) is 0 Å². The molecule has 3 atom stereocenters. The highest BCUT2D eigenvalue weighted by Gasteiger charge is 2.42. The van der Waals surface area contributed by atoms with Gasteiger partial charge in [0.15, 0.2) is 0 Å². The van der Waals surface area contributed by atoms with Crippen LogP contribution in [0.2, 0.25) is 0 Å². The number of methoxy groups -OCH3 is 2. The van der Waals surface area contributed by atoms with Crippen LogP contribution >= 0.6 is 0 Å². The number of hydrogen-bond acceptors (Lipinski definition) is 4. The third kappa shape index (κ3) is 2.77. The Morgan fingerprint density at radius 2 is 2.18 bits per heavy atom. The summed E-state index contributed by atoms with van der Waals surface area (Å²) in [5.74, 6) is 0.790. The van der Waals surface area contributed by atoms with Crippen molar-refractivity contribution in [3.8, 4) is 5.75 Å². The van der Waals surface area contributed by atoms with E-state index >= 15 is 0 Å². The number of aliphatic hydroxyl groups excluding tert-OH is 1. The zero-order valence-electron chi connectivity index (χ0n) is 10.1. The summed E-state index contributed by atoms with van der Waals surface area (Å²) in [7, 11) is 3.25. The van der Waals surface area contributed by atoms with Gasteiger partial charge in [0.25, 0.3) is 0 Å². The van der Waals surface area contributed by atoms with E-state index in [1.807, 2.05) is 24.3 Å². The third-order valence-electron chi connectivity index (χ3n) is 2.99. The van der Waals surface area contributed by atoms with Gasteiger partial charge >= 0.3 is 0 Å². The molecule has 94 valence electrons. The van der Waals surface area contributed by atoms with E-state index in [4.69, 9.17) is 14.2 Å². The Labute approximate surface area is 101 Å². The molecule has 1 fully saturated rings. The van der Waals surface area contributed by atoms with Gasteiger partial charge in [-0.25, -0.2) is 0 Å². The maximum absolute atomic E-state index is 9.47. The average molecular weight is 238 g/mol. The summed E-state index contributed by atoms with van der Waals surface area (Å²) >= 11 is 0. The minimum atomic E-state index is -0.410. The molecule has 0 radical (unpaired) electrons. The topological polar surface area (TPSA) is 47.9 Å². The molecule has 1 aromatic carbocycles. The number of aliphatic hydroxyl groups is 1. The predicted octanol–water partition coefficient (Wildman–Crippen LogP) is 1.36. The monoisotopic (exact) mass is 238 g/mol. The Balaban J connectivity index is 1.97. The fraction of sp³-hybridized carbons (Fsp3) is 0.538. The van der Waals surface area contributed by atoms with Crippen molar-refractivity contribution in [3.05, 3.63) is 29.8 Å². The second kappa shape index (κ2) is 5.49. The molecule has 0 bridgehead atoms. The van der Waals surface area contributed by atoms with Crippen LogP contribution in [-0.4, -0.2) is 37.6 Å². The van der Waals surface area contributed by atoms with Gasteiger partial charge in [0.1, 0.15) is 18.0 Å². The van der Waals surface area contributed by atoms with E-state index in [1.165, 1.54) is 0 Å². The van der Waals surface area contributed by atoms with E-state index in [2.05, 4.69) is 0 Å². The van der Waals surface area contributed by atoms with Crippen LogP contribution < -0.4 is 4.74 Å². The van der Waals surface area contributed by atoms with Gasteiger partial charge in [-0.05, 0) is 17.7 Å². The van der Waals surface area contributed by atoms with Crippen LogP contribution in [0.5, 0.6) is 5.75 Å². The molecule has 17 heavy (non-hydrogen) atoms. The van der Waals surface area contributed by atoms with Crippen molar-refractivity contribution in [2.75, 3.05) is 14.2 Å². The van der Waals surface area contributed by atoms with Crippen molar-refractivity contribution < 1.29 is 19.3 Å². The second-order valence-electron chi connectivity index (χ2n) is 4.24. The third-order valence-corrected chi connectivity index (χ3v) is 2.99. The summed E-state index contributed by atoms with van der Waals surface area (Å²) in [5.41, 5.74) is 1.07. The standard InChI is InChI=1S/C13H18O4/c1-15-8-9-4-3-5-10(6-9)17-12-7-11(14)13(12)16-2/h3-6,11-14H,7-8H2,1-2H3. The zero-order valence-corrected chi connectivity index (χ0v) is 10.1. The Morgan fingerprint density at radius 1 is 1.35 bits per heavy atom. The fourth-order valence-corrected chi connectivity index (χ4v) is 2.03. The molecule has 1 aromatic rings. The van der Waals surface area contributed by atoms with E-state index in [1.54, 1.807) is 14.2 Å². The molecule has 0 aliphatic heterocycles. The van der Waals surface area contributed by atoms with Crippen LogP contribution in [-0.2, 0) is 16.1 Å². The predicted molar refractivity (Wildman–Crippen MR) is 63.0 cm³/mol. The molecule has 0 heterocycles. The van der Waals surface area contributed by atoms with E-state index in [0.29, 0.717) is 13.0 Å². The highest BCUT2D eigenvalue weighted by atomic mass is 16.6. The molecular weight excluding hydrogens is 220 g/mol. The summed E-state index contributed by atoms with van der Waals surface area (Å²) in [6.45, 7) is 0.568. The first-order chi connectivity index (χ1) is 8.24. The number of ether oxygens (including phenoxy) is 3. The Hall–Kier alpha value is -1.10. The molecule has 0 amide bonds. The van der Waals surface area contributed by atoms with Gasteiger partial charge in [-0.1, -0.05) is 12.1 Å². The van der Waals surface area contributed by atoms with Crippen molar-refractivity contribution in [2.24, 2.45) is 0 Å². The molecule has 0 aromatic heterocycles. The van der Waals surface area contributed by atoms with Gasteiger partial charge in [0.05, 0.1) is 12.7 Å². The van der Waals surface area contributed by atoms with Crippen molar-refractivity contribution >= 4 is 0 Å². The molecule has 0 saturated heterocycles. The number of hydrogen-bond donors (Lipinski definition) is 1. The minimum absolute atomic E-state index is 0.0622. The molecule has 3 unspecified atom stereocenters. The quantitative estimate of drug-likeness (QED) is 0.841. The molecule has 4 nitrogen and oxygen atoms in total. The zero-order chi connectivity index (χ0) is 12.3. The average Bonchev–Trinajstić information content (AvgIpc) is 2.30. The van der Waals surface area contributed by atoms with Gasteiger partial charge in [-0.3, -0.25) is 0 Å². The first-order valence-corrected chi connectivity index (χ1v) is 5.70.